The molecule has 0 aliphatic carbocycles. The number of hydrogen-bond acceptors (Lipinski definition) is 6. The molecule has 1 unspecified atom stereocenters. The van der Waals surface area contributed by atoms with Crippen molar-refractivity contribution >= 4 is 17.9 Å². The Morgan fingerprint density at radius 3 is 1.25 bits per heavy atom. The summed E-state index contributed by atoms with van der Waals surface area (Å²) in [7, 11) is 0. The molecule has 344 valence electrons. The maximum absolute atomic E-state index is 12.8. The summed E-state index contributed by atoms with van der Waals surface area (Å²) in [5, 5.41) is 0. The maximum atomic E-state index is 12.8. The zero-order chi connectivity index (χ0) is 43.7. The average molecular weight is 837 g/mol. The highest BCUT2D eigenvalue weighted by atomic mass is 16.6. The summed E-state index contributed by atoms with van der Waals surface area (Å²) in [5.41, 5.74) is 0. The lowest BCUT2D eigenvalue weighted by Crippen LogP contribution is -2.30. The molecule has 0 heterocycles. The third-order valence-corrected chi connectivity index (χ3v) is 10.6. The second-order valence-electron chi connectivity index (χ2n) is 16.4. The minimum absolute atomic E-state index is 0.104. The Morgan fingerprint density at radius 1 is 0.367 bits per heavy atom. The summed E-state index contributed by atoms with van der Waals surface area (Å²) >= 11 is 0. The highest BCUT2D eigenvalue weighted by Crippen LogP contribution is 2.15. The molecule has 60 heavy (non-hydrogen) atoms. The molecule has 0 rings (SSSR count). The van der Waals surface area contributed by atoms with Gasteiger partial charge in [0, 0.05) is 19.3 Å². The quantitative estimate of drug-likeness (QED) is 0.0200. The molecule has 0 radical (unpaired) electrons. The second-order valence-corrected chi connectivity index (χ2v) is 16.4. The molecule has 1 atom stereocenters. The van der Waals surface area contributed by atoms with Crippen LogP contribution >= 0.6 is 0 Å². The minimum atomic E-state index is -0.804. The first-order chi connectivity index (χ1) is 29.5. The van der Waals surface area contributed by atoms with Crippen LogP contribution in [0.15, 0.2) is 72.9 Å². The van der Waals surface area contributed by atoms with Gasteiger partial charge in [-0.3, -0.25) is 14.4 Å². The molecule has 0 aliphatic heterocycles. The summed E-state index contributed by atoms with van der Waals surface area (Å²) < 4.78 is 16.7. The number of hydrogen-bond donors (Lipinski definition) is 0. The van der Waals surface area contributed by atoms with Crippen molar-refractivity contribution in [2.24, 2.45) is 0 Å². The monoisotopic (exact) mass is 837 g/mol. The molecular formula is C54H92O6. The van der Waals surface area contributed by atoms with E-state index in [1.54, 1.807) is 0 Å². The summed E-state index contributed by atoms with van der Waals surface area (Å²) in [6.45, 7) is 6.42. The van der Waals surface area contributed by atoms with Gasteiger partial charge in [0.05, 0.1) is 0 Å². The van der Waals surface area contributed by atoms with Crippen LogP contribution in [0.25, 0.3) is 0 Å². The smallest absolute Gasteiger partial charge is 0.306 e. The van der Waals surface area contributed by atoms with Crippen molar-refractivity contribution in [1.82, 2.24) is 0 Å². The van der Waals surface area contributed by atoms with Gasteiger partial charge in [0.1, 0.15) is 13.2 Å². The number of allylic oxidation sites excluding steroid dienone is 12. The normalized spacial score (nSPS) is 12.7. The molecular weight excluding hydrogens is 745 g/mol. The van der Waals surface area contributed by atoms with Crippen LogP contribution in [0.5, 0.6) is 0 Å². The number of carbonyl (C=O) groups is 3. The van der Waals surface area contributed by atoms with Crippen LogP contribution in [-0.2, 0) is 28.6 Å². The van der Waals surface area contributed by atoms with E-state index in [0.717, 1.165) is 77.0 Å². The Hall–Kier alpha value is -3.15. The highest BCUT2D eigenvalue weighted by molar-refractivity contribution is 5.71. The van der Waals surface area contributed by atoms with Crippen molar-refractivity contribution in [2.75, 3.05) is 13.2 Å². The van der Waals surface area contributed by atoms with Gasteiger partial charge in [-0.1, -0.05) is 229 Å². The molecule has 0 saturated carbocycles. The minimum Gasteiger partial charge on any atom is -0.462 e. The Labute approximate surface area is 370 Å². The molecule has 0 aromatic rings. The first-order valence-corrected chi connectivity index (χ1v) is 25.0. The topological polar surface area (TPSA) is 78.9 Å². The van der Waals surface area contributed by atoms with E-state index in [1.165, 1.54) is 109 Å². The molecule has 6 heteroatoms. The molecule has 0 spiro atoms. The van der Waals surface area contributed by atoms with E-state index in [4.69, 9.17) is 14.2 Å². The van der Waals surface area contributed by atoms with Crippen molar-refractivity contribution in [2.45, 2.75) is 239 Å². The number of carbonyl (C=O) groups excluding carboxylic acids is 3. The van der Waals surface area contributed by atoms with Crippen molar-refractivity contribution < 1.29 is 28.6 Å². The Bertz CT molecular complexity index is 1140. The van der Waals surface area contributed by atoms with Gasteiger partial charge in [-0.25, -0.2) is 0 Å². The zero-order valence-corrected chi connectivity index (χ0v) is 39.2. The molecule has 0 N–H and O–H groups in total. The van der Waals surface area contributed by atoms with Crippen molar-refractivity contribution in [1.29, 1.82) is 0 Å². The third-order valence-electron chi connectivity index (χ3n) is 10.6. The summed E-state index contributed by atoms with van der Waals surface area (Å²) in [4.78, 5) is 37.9. The summed E-state index contributed by atoms with van der Waals surface area (Å²) in [5.74, 6) is -0.993. The molecule has 0 aromatic heterocycles. The Balaban J connectivity index is 4.48. The molecule has 0 aromatic carbocycles. The number of esters is 3. The van der Waals surface area contributed by atoms with E-state index >= 15 is 0 Å². The number of unbranched alkanes of at least 4 members (excludes halogenated alkanes) is 24. The Morgan fingerprint density at radius 2 is 0.750 bits per heavy atom. The van der Waals surface area contributed by atoms with Crippen LogP contribution in [0.1, 0.15) is 233 Å². The largest absolute Gasteiger partial charge is 0.462 e. The fraction of sp³-hybridized carbons (Fsp3) is 0.722. The predicted molar refractivity (Wildman–Crippen MR) is 256 cm³/mol. The van der Waals surface area contributed by atoms with Gasteiger partial charge in [0.15, 0.2) is 6.10 Å². The molecule has 0 saturated heterocycles. The predicted octanol–water partition coefficient (Wildman–Crippen LogP) is 16.3. The Kier molecular flexibility index (Phi) is 46.0. The van der Waals surface area contributed by atoms with Crippen molar-refractivity contribution in [3.8, 4) is 0 Å². The van der Waals surface area contributed by atoms with Crippen LogP contribution in [0.2, 0.25) is 0 Å². The average Bonchev–Trinajstić information content (AvgIpc) is 3.24. The SMILES string of the molecule is CC\C=C/C=C\C=C/C=C\CCCCCCCC(=O)OCC(COC(=O)CC/C=C\C/C=C\CCCCCCCC)OC(=O)CCCCCCCCCCCCCCCC. The van der Waals surface area contributed by atoms with Crippen LogP contribution in [0.4, 0.5) is 0 Å². The molecule has 0 aliphatic rings. The fourth-order valence-electron chi connectivity index (χ4n) is 6.80. The lowest BCUT2D eigenvalue weighted by atomic mass is 10.0. The number of rotatable bonds is 44. The third kappa shape index (κ3) is 45.9. The van der Waals surface area contributed by atoms with E-state index in [9.17, 15) is 14.4 Å². The van der Waals surface area contributed by atoms with Gasteiger partial charge >= 0.3 is 17.9 Å². The van der Waals surface area contributed by atoms with Gasteiger partial charge in [-0.2, -0.15) is 0 Å². The first kappa shape index (κ1) is 56.9. The fourth-order valence-corrected chi connectivity index (χ4v) is 6.80. The van der Waals surface area contributed by atoms with Crippen LogP contribution in [0, 0.1) is 0 Å². The first-order valence-electron chi connectivity index (χ1n) is 25.0. The van der Waals surface area contributed by atoms with E-state index < -0.39 is 6.10 Å². The molecule has 0 amide bonds. The van der Waals surface area contributed by atoms with Gasteiger partial charge in [-0.05, 0) is 57.8 Å². The zero-order valence-electron chi connectivity index (χ0n) is 39.2. The molecule has 0 bridgehead atoms. The van der Waals surface area contributed by atoms with Crippen molar-refractivity contribution in [3.63, 3.8) is 0 Å². The molecule has 0 fully saturated rings. The standard InChI is InChI=1S/C54H92O6/c1-4-7-10-13-16-19-22-25-27-30-32-35-38-41-44-47-53(56)59-50-51(49-58-52(55)46-43-40-37-34-31-28-24-21-18-15-12-9-6-3)60-54(57)48-45-42-39-36-33-29-26-23-20-17-14-11-8-5-2/h7,10,13,16,19,22,25,27-28,31,37,40,51H,4-6,8-9,11-12,14-15,17-18,20-21,23-24,26,29-30,32-36,38-39,41-50H2,1-3H3/b10-7-,16-13-,22-19-,27-25-,31-28-,40-37-. The lowest BCUT2D eigenvalue weighted by molar-refractivity contribution is -0.166. The van der Waals surface area contributed by atoms with Crippen molar-refractivity contribution in [3.05, 3.63) is 72.9 Å². The van der Waals surface area contributed by atoms with Crippen LogP contribution in [-0.4, -0.2) is 37.2 Å². The molecule has 6 nitrogen and oxygen atoms in total. The van der Waals surface area contributed by atoms with E-state index in [2.05, 4.69) is 69.4 Å². The van der Waals surface area contributed by atoms with Gasteiger partial charge in [0.2, 0.25) is 0 Å². The van der Waals surface area contributed by atoms with Gasteiger partial charge in [-0.15, -0.1) is 0 Å². The second kappa shape index (κ2) is 48.5. The van der Waals surface area contributed by atoms with E-state index in [0.29, 0.717) is 19.3 Å². The number of ether oxygens (including phenoxy) is 3. The van der Waals surface area contributed by atoms with E-state index in [1.807, 2.05) is 24.3 Å². The van der Waals surface area contributed by atoms with Crippen LogP contribution in [0.3, 0.4) is 0 Å². The summed E-state index contributed by atoms with van der Waals surface area (Å²) in [6.07, 6.45) is 60.3. The highest BCUT2D eigenvalue weighted by Gasteiger charge is 2.19. The van der Waals surface area contributed by atoms with Crippen LogP contribution < -0.4 is 0 Å². The lowest BCUT2D eigenvalue weighted by Gasteiger charge is -2.18. The van der Waals surface area contributed by atoms with Gasteiger partial charge < -0.3 is 14.2 Å². The van der Waals surface area contributed by atoms with E-state index in [-0.39, 0.29) is 37.5 Å². The maximum Gasteiger partial charge on any atom is 0.306 e. The van der Waals surface area contributed by atoms with Gasteiger partial charge in [0.25, 0.3) is 0 Å². The summed E-state index contributed by atoms with van der Waals surface area (Å²) in [6, 6.07) is 0.